The van der Waals surface area contributed by atoms with Crippen LogP contribution in [0.1, 0.15) is 19.8 Å². The number of hydrogen-bond donors (Lipinski definition) is 1. The summed E-state index contributed by atoms with van der Waals surface area (Å²) in [6.45, 7) is 1.49. The van der Waals surface area contributed by atoms with E-state index in [1.165, 1.54) is 6.92 Å². The van der Waals surface area contributed by atoms with E-state index in [1.807, 2.05) is 0 Å². The molecule has 0 bridgehead atoms. The maximum Gasteiger partial charge on any atom is 0.438 e. The Morgan fingerprint density at radius 2 is 2.17 bits per heavy atom. The van der Waals surface area contributed by atoms with Crippen molar-refractivity contribution in [2.24, 2.45) is 5.10 Å². The molecule has 1 aliphatic heterocycles. The minimum Gasteiger partial charge on any atom is -0.466 e. The standard InChI is InChI=1S/C9H11F3N2O4/c1-2-18-7(16)5-6(15)14-8(17,3-4-13-14)9(10,11)12/h4,17H,2-3,5H2,1H3. The predicted octanol–water partition coefficient (Wildman–Crippen LogP) is 0.409. The highest BCUT2D eigenvalue weighted by Gasteiger charge is 2.61. The molecule has 0 saturated heterocycles. The summed E-state index contributed by atoms with van der Waals surface area (Å²) in [5.41, 5.74) is -3.39. The van der Waals surface area contributed by atoms with Gasteiger partial charge in [0, 0.05) is 12.6 Å². The van der Waals surface area contributed by atoms with Crippen LogP contribution in [0.5, 0.6) is 0 Å². The van der Waals surface area contributed by atoms with Gasteiger partial charge in [0.25, 0.3) is 11.6 Å². The lowest BCUT2D eigenvalue weighted by molar-refractivity contribution is -0.302. The minimum absolute atomic E-state index is 0.00107. The van der Waals surface area contributed by atoms with Gasteiger partial charge in [-0.3, -0.25) is 9.59 Å². The zero-order valence-electron chi connectivity index (χ0n) is 9.40. The summed E-state index contributed by atoms with van der Waals surface area (Å²) < 4.78 is 42.2. The molecular formula is C9H11F3N2O4. The van der Waals surface area contributed by atoms with Gasteiger partial charge in [0.1, 0.15) is 6.42 Å². The van der Waals surface area contributed by atoms with Crippen molar-refractivity contribution < 1.29 is 32.6 Å². The molecule has 9 heteroatoms. The Balaban J connectivity index is 2.79. The number of amides is 1. The zero-order chi connectivity index (χ0) is 14.0. The molecule has 1 N–H and O–H groups in total. The molecule has 0 aliphatic carbocycles. The Bertz CT molecular complexity index is 382. The second kappa shape index (κ2) is 4.92. The van der Waals surface area contributed by atoms with Gasteiger partial charge in [-0.15, -0.1) is 0 Å². The van der Waals surface area contributed by atoms with E-state index in [4.69, 9.17) is 0 Å². The van der Waals surface area contributed by atoms with Crippen molar-refractivity contribution in [1.29, 1.82) is 0 Å². The fourth-order valence-electron chi connectivity index (χ4n) is 1.35. The number of esters is 1. The van der Waals surface area contributed by atoms with Gasteiger partial charge < -0.3 is 9.84 Å². The van der Waals surface area contributed by atoms with E-state index in [2.05, 4.69) is 9.84 Å². The van der Waals surface area contributed by atoms with E-state index in [9.17, 15) is 27.9 Å². The van der Waals surface area contributed by atoms with E-state index in [-0.39, 0.29) is 11.6 Å². The Labute approximate surface area is 100 Å². The summed E-state index contributed by atoms with van der Waals surface area (Å²) in [4.78, 5) is 22.4. The van der Waals surface area contributed by atoms with Crippen LogP contribution in [0.4, 0.5) is 13.2 Å². The molecule has 1 heterocycles. The van der Waals surface area contributed by atoms with Crippen LogP contribution in [-0.4, -0.2) is 46.7 Å². The van der Waals surface area contributed by atoms with Crippen molar-refractivity contribution in [3.63, 3.8) is 0 Å². The molecule has 0 radical (unpaired) electrons. The molecule has 18 heavy (non-hydrogen) atoms. The molecular weight excluding hydrogens is 257 g/mol. The number of halogens is 3. The summed E-state index contributed by atoms with van der Waals surface area (Å²) in [7, 11) is 0. The third-order valence-electron chi connectivity index (χ3n) is 2.21. The fraction of sp³-hybridized carbons (Fsp3) is 0.667. The Morgan fingerprint density at radius 3 is 2.67 bits per heavy atom. The Morgan fingerprint density at radius 1 is 1.56 bits per heavy atom. The number of aliphatic hydroxyl groups is 1. The first kappa shape index (κ1) is 14.4. The lowest BCUT2D eigenvalue weighted by Crippen LogP contribution is -2.56. The highest BCUT2D eigenvalue weighted by molar-refractivity contribution is 5.95. The fourth-order valence-corrected chi connectivity index (χ4v) is 1.35. The van der Waals surface area contributed by atoms with Crippen LogP contribution in [0.25, 0.3) is 0 Å². The molecule has 6 nitrogen and oxygen atoms in total. The largest absolute Gasteiger partial charge is 0.466 e. The van der Waals surface area contributed by atoms with E-state index < -0.39 is 36.6 Å². The van der Waals surface area contributed by atoms with Crippen LogP contribution in [0.3, 0.4) is 0 Å². The van der Waals surface area contributed by atoms with Crippen molar-refractivity contribution in [2.45, 2.75) is 31.7 Å². The number of ether oxygens (including phenoxy) is 1. The second-order valence-electron chi connectivity index (χ2n) is 3.50. The molecule has 0 saturated carbocycles. The van der Waals surface area contributed by atoms with Crippen molar-refractivity contribution in [2.75, 3.05) is 6.61 Å². The molecule has 0 aromatic heterocycles. The average molecular weight is 268 g/mol. The average Bonchev–Trinajstić information content (AvgIpc) is 2.61. The number of hydrogen-bond acceptors (Lipinski definition) is 5. The molecule has 1 aliphatic rings. The van der Waals surface area contributed by atoms with Gasteiger partial charge in [-0.1, -0.05) is 0 Å². The maximum absolute atomic E-state index is 12.6. The number of carbonyl (C=O) groups is 2. The predicted molar refractivity (Wildman–Crippen MR) is 52.2 cm³/mol. The molecule has 0 aromatic rings. The van der Waals surface area contributed by atoms with Crippen LogP contribution >= 0.6 is 0 Å². The second-order valence-corrected chi connectivity index (χ2v) is 3.50. The monoisotopic (exact) mass is 268 g/mol. The van der Waals surface area contributed by atoms with E-state index in [0.717, 1.165) is 6.21 Å². The molecule has 0 aromatic carbocycles. The minimum atomic E-state index is -5.06. The van der Waals surface area contributed by atoms with Crippen molar-refractivity contribution >= 4 is 18.1 Å². The molecule has 0 fully saturated rings. The summed E-state index contributed by atoms with van der Waals surface area (Å²) in [6.07, 6.45) is -6.08. The smallest absolute Gasteiger partial charge is 0.438 e. The highest BCUT2D eigenvalue weighted by atomic mass is 19.4. The van der Waals surface area contributed by atoms with Crippen molar-refractivity contribution in [3.05, 3.63) is 0 Å². The molecule has 1 unspecified atom stereocenters. The lowest BCUT2D eigenvalue weighted by Gasteiger charge is -2.32. The van der Waals surface area contributed by atoms with Gasteiger partial charge in [0.05, 0.1) is 6.61 Å². The summed E-state index contributed by atoms with van der Waals surface area (Å²) in [5, 5.41) is 12.4. The normalized spacial score (nSPS) is 23.3. The van der Waals surface area contributed by atoms with Crippen LogP contribution in [0.2, 0.25) is 0 Å². The maximum atomic E-state index is 12.6. The number of hydrazone groups is 1. The molecule has 102 valence electrons. The van der Waals surface area contributed by atoms with Crippen LogP contribution in [-0.2, 0) is 14.3 Å². The summed E-state index contributed by atoms with van der Waals surface area (Å²) in [6, 6.07) is 0. The number of alkyl halides is 3. The topological polar surface area (TPSA) is 79.2 Å². The molecule has 1 atom stereocenters. The molecule has 1 amide bonds. The first-order valence-corrected chi connectivity index (χ1v) is 5.02. The van der Waals surface area contributed by atoms with Crippen LogP contribution < -0.4 is 0 Å². The summed E-state index contributed by atoms with van der Waals surface area (Å²) >= 11 is 0. The number of rotatable bonds is 3. The quantitative estimate of drug-likeness (QED) is 0.594. The van der Waals surface area contributed by atoms with Crippen molar-refractivity contribution in [1.82, 2.24) is 5.01 Å². The molecule has 0 spiro atoms. The van der Waals surface area contributed by atoms with Gasteiger partial charge in [-0.05, 0) is 6.92 Å². The van der Waals surface area contributed by atoms with E-state index >= 15 is 0 Å². The first-order chi connectivity index (χ1) is 8.22. The third-order valence-corrected chi connectivity index (χ3v) is 2.21. The Hall–Kier alpha value is -1.64. The van der Waals surface area contributed by atoms with Crippen molar-refractivity contribution in [3.8, 4) is 0 Å². The zero-order valence-corrected chi connectivity index (χ0v) is 9.40. The first-order valence-electron chi connectivity index (χ1n) is 5.02. The SMILES string of the molecule is CCOC(=O)CC(=O)N1N=CCC1(O)C(F)(F)F. The van der Waals surface area contributed by atoms with Gasteiger partial charge in [-0.25, -0.2) is 0 Å². The van der Waals surface area contributed by atoms with Crippen LogP contribution in [0, 0.1) is 0 Å². The lowest BCUT2D eigenvalue weighted by atomic mass is 10.1. The van der Waals surface area contributed by atoms with Gasteiger partial charge in [0.15, 0.2) is 0 Å². The van der Waals surface area contributed by atoms with E-state index in [0.29, 0.717) is 0 Å². The van der Waals surface area contributed by atoms with E-state index in [1.54, 1.807) is 0 Å². The highest BCUT2D eigenvalue weighted by Crippen LogP contribution is 2.38. The third kappa shape index (κ3) is 2.61. The summed E-state index contributed by atoms with van der Waals surface area (Å²) in [5.74, 6) is -2.25. The molecule has 1 rings (SSSR count). The van der Waals surface area contributed by atoms with Crippen LogP contribution in [0.15, 0.2) is 5.10 Å². The van der Waals surface area contributed by atoms with Gasteiger partial charge >= 0.3 is 12.1 Å². The number of nitrogens with zero attached hydrogens (tertiary/aromatic N) is 2. The van der Waals surface area contributed by atoms with Gasteiger partial charge in [0.2, 0.25) is 0 Å². The Kier molecular flexibility index (Phi) is 3.95. The van der Waals surface area contributed by atoms with Gasteiger partial charge in [-0.2, -0.15) is 23.3 Å². The number of carbonyl (C=O) groups excluding carboxylic acids is 2.